The average Bonchev–Trinajstić information content (AvgIpc) is 2.19. The first-order chi connectivity index (χ1) is 6.72. The molecule has 0 radical (unpaired) electrons. The van der Waals surface area contributed by atoms with Crippen molar-refractivity contribution >= 4 is 5.71 Å². The van der Waals surface area contributed by atoms with E-state index in [2.05, 4.69) is 5.16 Å². The van der Waals surface area contributed by atoms with Crippen LogP contribution in [0.15, 0.2) is 17.3 Å². The van der Waals surface area contributed by atoms with Gasteiger partial charge < -0.3 is 5.21 Å². The topological polar surface area (TPSA) is 32.6 Å². The summed E-state index contributed by atoms with van der Waals surface area (Å²) in [6, 6.07) is 3.31. The number of halogens is 1. The first-order valence-electron chi connectivity index (χ1n) is 4.72. The molecule has 1 aliphatic carbocycles. The molecule has 0 saturated heterocycles. The van der Waals surface area contributed by atoms with Crippen molar-refractivity contribution in [2.75, 3.05) is 0 Å². The van der Waals surface area contributed by atoms with Crippen LogP contribution in [0.3, 0.4) is 0 Å². The Kier molecular flexibility index (Phi) is 2.23. The number of aryl methyl sites for hydroxylation is 2. The van der Waals surface area contributed by atoms with E-state index in [9.17, 15) is 4.39 Å². The standard InChI is InChI=1S/C11H12FNO/c1-7-5-8-3-2-4-11(13-14)9(8)6-10(7)12/h5-6,14H,2-4H2,1H3. The zero-order valence-corrected chi connectivity index (χ0v) is 8.05. The van der Waals surface area contributed by atoms with E-state index >= 15 is 0 Å². The van der Waals surface area contributed by atoms with Gasteiger partial charge in [-0.15, -0.1) is 0 Å². The minimum absolute atomic E-state index is 0.230. The van der Waals surface area contributed by atoms with Crippen LogP contribution in [0.2, 0.25) is 0 Å². The van der Waals surface area contributed by atoms with Gasteiger partial charge in [0.15, 0.2) is 0 Å². The third-order valence-corrected chi connectivity index (χ3v) is 2.68. The Balaban J connectivity index is 2.58. The molecule has 0 amide bonds. The van der Waals surface area contributed by atoms with Crippen LogP contribution in [0.4, 0.5) is 4.39 Å². The Bertz CT molecular complexity index is 399. The number of fused-ring (bicyclic) bond motifs is 1. The lowest BCUT2D eigenvalue weighted by molar-refractivity contribution is 0.317. The summed E-state index contributed by atoms with van der Waals surface area (Å²) in [6.45, 7) is 1.75. The van der Waals surface area contributed by atoms with Crippen LogP contribution in [-0.4, -0.2) is 10.9 Å². The number of nitrogens with zero attached hydrogens (tertiary/aromatic N) is 1. The summed E-state index contributed by atoms with van der Waals surface area (Å²) in [5.74, 6) is -0.230. The minimum atomic E-state index is -0.230. The van der Waals surface area contributed by atoms with Gasteiger partial charge in [-0.1, -0.05) is 11.2 Å². The van der Waals surface area contributed by atoms with Gasteiger partial charge in [0.1, 0.15) is 5.82 Å². The summed E-state index contributed by atoms with van der Waals surface area (Å²) >= 11 is 0. The van der Waals surface area contributed by atoms with Gasteiger partial charge in [-0.05, 0) is 43.4 Å². The Morgan fingerprint density at radius 3 is 2.86 bits per heavy atom. The fourth-order valence-electron chi connectivity index (χ4n) is 1.90. The molecule has 1 aromatic carbocycles. The van der Waals surface area contributed by atoms with E-state index in [0.717, 1.165) is 30.4 Å². The third-order valence-electron chi connectivity index (χ3n) is 2.68. The van der Waals surface area contributed by atoms with Crippen LogP contribution >= 0.6 is 0 Å². The highest BCUT2D eigenvalue weighted by Crippen LogP contribution is 2.24. The molecule has 0 fully saturated rings. The molecule has 2 rings (SSSR count). The largest absolute Gasteiger partial charge is 0.411 e. The van der Waals surface area contributed by atoms with E-state index in [1.807, 2.05) is 6.07 Å². The van der Waals surface area contributed by atoms with Crippen molar-refractivity contribution in [2.24, 2.45) is 5.16 Å². The number of oxime groups is 1. The van der Waals surface area contributed by atoms with Crippen molar-refractivity contribution in [2.45, 2.75) is 26.2 Å². The van der Waals surface area contributed by atoms with Gasteiger partial charge in [0.25, 0.3) is 0 Å². The maximum absolute atomic E-state index is 13.3. The second kappa shape index (κ2) is 3.40. The van der Waals surface area contributed by atoms with E-state index in [1.54, 1.807) is 6.92 Å². The highest BCUT2D eigenvalue weighted by atomic mass is 19.1. The summed E-state index contributed by atoms with van der Waals surface area (Å²) in [5.41, 5.74) is 3.11. The average molecular weight is 193 g/mol. The summed E-state index contributed by atoms with van der Waals surface area (Å²) in [4.78, 5) is 0. The van der Waals surface area contributed by atoms with Crippen LogP contribution in [0.1, 0.15) is 29.5 Å². The van der Waals surface area contributed by atoms with Crippen LogP contribution in [0, 0.1) is 12.7 Å². The summed E-state index contributed by atoms with van der Waals surface area (Å²) in [6.07, 6.45) is 2.64. The van der Waals surface area contributed by atoms with Gasteiger partial charge in [0.05, 0.1) is 5.71 Å². The fraction of sp³-hybridized carbons (Fsp3) is 0.364. The summed E-state index contributed by atoms with van der Waals surface area (Å²) in [7, 11) is 0. The molecule has 0 heterocycles. The van der Waals surface area contributed by atoms with Crippen molar-refractivity contribution in [3.05, 3.63) is 34.6 Å². The lowest BCUT2D eigenvalue weighted by Gasteiger charge is -2.17. The number of hydrogen-bond acceptors (Lipinski definition) is 2. The molecule has 1 aliphatic rings. The smallest absolute Gasteiger partial charge is 0.126 e. The molecule has 74 valence electrons. The van der Waals surface area contributed by atoms with E-state index in [4.69, 9.17) is 5.21 Å². The Morgan fingerprint density at radius 2 is 2.14 bits per heavy atom. The second-order valence-electron chi connectivity index (χ2n) is 3.66. The minimum Gasteiger partial charge on any atom is -0.411 e. The molecule has 0 bridgehead atoms. The first kappa shape index (κ1) is 9.19. The molecule has 0 aliphatic heterocycles. The van der Waals surface area contributed by atoms with Crippen molar-refractivity contribution in [3.63, 3.8) is 0 Å². The van der Waals surface area contributed by atoms with Crippen molar-refractivity contribution < 1.29 is 9.60 Å². The number of hydrogen-bond donors (Lipinski definition) is 1. The quantitative estimate of drug-likeness (QED) is 0.498. The van der Waals surface area contributed by atoms with Crippen LogP contribution in [-0.2, 0) is 6.42 Å². The van der Waals surface area contributed by atoms with Gasteiger partial charge in [-0.2, -0.15) is 0 Å². The van der Waals surface area contributed by atoms with Gasteiger partial charge in [-0.3, -0.25) is 0 Å². The predicted molar refractivity (Wildman–Crippen MR) is 52.4 cm³/mol. The molecule has 3 heteroatoms. The SMILES string of the molecule is Cc1cc2c(cc1F)C(=NO)CCC2. The normalized spacial score (nSPS) is 18.3. The van der Waals surface area contributed by atoms with Gasteiger partial charge in [0, 0.05) is 5.56 Å². The lowest BCUT2D eigenvalue weighted by atomic mass is 9.89. The molecule has 0 spiro atoms. The molecule has 0 saturated carbocycles. The lowest BCUT2D eigenvalue weighted by Crippen LogP contribution is -2.12. The molecular formula is C11H12FNO. The number of rotatable bonds is 0. The highest BCUT2D eigenvalue weighted by molar-refractivity contribution is 6.02. The van der Waals surface area contributed by atoms with Gasteiger partial charge >= 0.3 is 0 Å². The summed E-state index contributed by atoms with van der Waals surface area (Å²) in [5, 5.41) is 12.0. The molecule has 1 aromatic rings. The molecular weight excluding hydrogens is 181 g/mol. The van der Waals surface area contributed by atoms with E-state index in [1.165, 1.54) is 6.07 Å². The first-order valence-corrected chi connectivity index (χ1v) is 4.72. The highest BCUT2D eigenvalue weighted by Gasteiger charge is 2.17. The zero-order valence-electron chi connectivity index (χ0n) is 8.05. The van der Waals surface area contributed by atoms with E-state index in [-0.39, 0.29) is 5.82 Å². The zero-order chi connectivity index (χ0) is 10.1. The van der Waals surface area contributed by atoms with Crippen molar-refractivity contribution in [1.29, 1.82) is 0 Å². The Morgan fingerprint density at radius 1 is 1.36 bits per heavy atom. The fourth-order valence-corrected chi connectivity index (χ4v) is 1.90. The second-order valence-corrected chi connectivity index (χ2v) is 3.66. The van der Waals surface area contributed by atoms with Crippen LogP contribution in [0.25, 0.3) is 0 Å². The van der Waals surface area contributed by atoms with Crippen LogP contribution < -0.4 is 0 Å². The Labute approximate surface area is 82.1 Å². The monoisotopic (exact) mass is 193 g/mol. The van der Waals surface area contributed by atoms with Crippen molar-refractivity contribution in [1.82, 2.24) is 0 Å². The molecule has 14 heavy (non-hydrogen) atoms. The maximum Gasteiger partial charge on any atom is 0.126 e. The predicted octanol–water partition coefficient (Wildman–Crippen LogP) is 2.65. The van der Waals surface area contributed by atoms with Gasteiger partial charge in [0.2, 0.25) is 0 Å². The maximum atomic E-state index is 13.3. The summed E-state index contributed by atoms with van der Waals surface area (Å²) < 4.78 is 13.3. The molecule has 0 unspecified atom stereocenters. The van der Waals surface area contributed by atoms with E-state index < -0.39 is 0 Å². The molecule has 0 atom stereocenters. The molecule has 1 N–H and O–H groups in total. The van der Waals surface area contributed by atoms with Gasteiger partial charge in [-0.25, -0.2) is 4.39 Å². The van der Waals surface area contributed by atoms with Crippen molar-refractivity contribution in [3.8, 4) is 0 Å². The number of benzene rings is 1. The third kappa shape index (κ3) is 1.39. The molecule has 2 nitrogen and oxygen atoms in total. The van der Waals surface area contributed by atoms with E-state index in [0.29, 0.717) is 11.3 Å². The molecule has 0 aromatic heterocycles. The van der Waals surface area contributed by atoms with Crippen LogP contribution in [0.5, 0.6) is 0 Å². The Hall–Kier alpha value is -1.38.